The maximum Gasteiger partial charge on any atom is 0.255 e. The molecule has 1 saturated heterocycles. The maximum absolute atomic E-state index is 12.6. The van der Waals surface area contributed by atoms with Crippen molar-refractivity contribution in [1.82, 2.24) is 19.4 Å². The lowest BCUT2D eigenvalue weighted by Crippen LogP contribution is -2.40. The number of hydrogen-bond donors (Lipinski definition) is 1. The second kappa shape index (κ2) is 7.98. The number of nitrogens with zero attached hydrogens (tertiary/aromatic N) is 4. The van der Waals surface area contributed by atoms with Crippen LogP contribution < -0.4 is 10.5 Å². The topological polar surface area (TPSA) is 66.4 Å². The van der Waals surface area contributed by atoms with E-state index >= 15 is 0 Å². The lowest BCUT2D eigenvalue weighted by molar-refractivity contribution is 0.122. The molecule has 0 radical (unpaired) electrons. The molecule has 2 aliphatic heterocycles. The lowest BCUT2D eigenvalue weighted by atomic mass is 10.1. The molecule has 0 unspecified atom stereocenters. The van der Waals surface area contributed by atoms with Crippen LogP contribution in [-0.4, -0.2) is 52.3 Å². The van der Waals surface area contributed by atoms with Crippen LogP contribution in [0, 0.1) is 12.3 Å². The van der Waals surface area contributed by atoms with Crippen molar-refractivity contribution in [3.63, 3.8) is 0 Å². The van der Waals surface area contributed by atoms with E-state index in [0.29, 0.717) is 38.7 Å². The normalized spacial score (nSPS) is 17.1. The van der Waals surface area contributed by atoms with Gasteiger partial charge in [0.25, 0.3) is 5.56 Å². The zero-order valence-electron chi connectivity index (χ0n) is 16.9. The van der Waals surface area contributed by atoms with Gasteiger partial charge in [0.2, 0.25) is 5.95 Å². The Hall–Kier alpha value is -3.08. The van der Waals surface area contributed by atoms with Crippen molar-refractivity contribution in [3.8, 4) is 12.3 Å². The molecular formula is C23H25N5O2. The van der Waals surface area contributed by atoms with Crippen LogP contribution in [0.3, 0.4) is 0 Å². The second-order valence-electron chi connectivity index (χ2n) is 7.88. The van der Waals surface area contributed by atoms with E-state index < -0.39 is 0 Å². The highest BCUT2D eigenvalue weighted by atomic mass is 16.5. The Balaban J connectivity index is 1.41. The van der Waals surface area contributed by atoms with Crippen molar-refractivity contribution >= 4 is 16.9 Å². The van der Waals surface area contributed by atoms with E-state index in [9.17, 15) is 4.79 Å². The summed E-state index contributed by atoms with van der Waals surface area (Å²) in [5, 5.41) is 1.23. The molecule has 0 aliphatic carbocycles. The predicted molar refractivity (Wildman–Crippen MR) is 116 cm³/mol. The molecule has 7 heteroatoms. The number of ether oxygens (including phenoxy) is 1. The summed E-state index contributed by atoms with van der Waals surface area (Å²) >= 11 is 0. The molecule has 3 aromatic rings. The van der Waals surface area contributed by atoms with E-state index in [4.69, 9.17) is 16.1 Å². The molecule has 0 spiro atoms. The molecule has 4 heterocycles. The van der Waals surface area contributed by atoms with Gasteiger partial charge in [-0.15, -0.1) is 6.42 Å². The van der Waals surface area contributed by atoms with Crippen molar-refractivity contribution in [2.45, 2.75) is 26.1 Å². The van der Waals surface area contributed by atoms with Gasteiger partial charge in [0.15, 0.2) is 0 Å². The molecule has 1 aromatic carbocycles. The Morgan fingerprint density at radius 3 is 2.87 bits per heavy atom. The van der Waals surface area contributed by atoms with Gasteiger partial charge in [0, 0.05) is 55.4 Å². The van der Waals surface area contributed by atoms with Crippen LogP contribution in [0.15, 0.2) is 35.3 Å². The zero-order chi connectivity index (χ0) is 20.5. The Morgan fingerprint density at radius 1 is 1.20 bits per heavy atom. The Morgan fingerprint density at radius 2 is 2.03 bits per heavy atom. The Bertz CT molecular complexity index is 1170. The summed E-state index contributed by atoms with van der Waals surface area (Å²) in [6.07, 6.45) is 8.42. The maximum atomic E-state index is 12.6. The van der Waals surface area contributed by atoms with E-state index in [1.165, 1.54) is 10.9 Å². The summed E-state index contributed by atoms with van der Waals surface area (Å²) in [5.74, 6) is 3.40. The smallest absolute Gasteiger partial charge is 0.255 e. The molecule has 5 rings (SSSR count). The molecule has 0 amide bonds. The number of aromatic nitrogens is 3. The first-order valence-corrected chi connectivity index (χ1v) is 10.4. The standard InChI is InChI=1S/C23H25N5O2/c1-2-8-28-15-17(18-5-3-4-6-21(18)28)14-26-9-7-19-20(16-26)24-23(25-22(19)29)27-10-12-30-13-11-27/h1,3-6,15H,7-14,16H2,(H,24,25,29). The third kappa shape index (κ3) is 3.49. The van der Waals surface area contributed by atoms with Crippen molar-refractivity contribution in [1.29, 1.82) is 0 Å². The molecule has 2 aliphatic rings. The summed E-state index contributed by atoms with van der Waals surface area (Å²) < 4.78 is 7.55. The van der Waals surface area contributed by atoms with Gasteiger partial charge in [-0.25, -0.2) is 4.98 Å². The lowest BCUT2D eigenvalue weighted by Gasteiger charge is -2.30. The Kier molecular flexibility index (Phi) is 5.03. The number of hydrogen-bond acceptors (Lipinski definition) is 5. The molecule has 1 fully saturated rings. The summed E-state index contributed by atoms with van der Waals surface area (Å²) in [6.45, 7) is 5.69. The van der Waals surface area contributed by atoms with Gasteiger partial charge in [-0.2, -0.15) is 0 Å². The molecule has 2 aromatic heterocycles. The molecule has 154 valence electrons. The first-order chi connectivity index (χ1) is 14.7. The fourth-order valence-electron chi connectivity index (χ4n) is 4.46. The number of para-hydroxylation sites is 1. The van der Waals surface area contributed by atoms with Crippen molar-refractivity contribution in [2.24, 2.45) is 0 Å². The van der Waals surface area contributed by atoms with E-state index in [1.807, 2.05) is 6.07 Å². The van der Waals surface area contributed by atoms with Gasteiger partial charge in [-0.1, -0.05) is 24.1 Å². The molecular weight excluding hydrogens is 378 g/mol. The summed E-state index contributed by atoms with van der Waals surface area (Å²) in [5.41, 5.74) is 4.11. The highest BCUT2D eigenvalue weighted by Gasteiger charge is 2.24. The highest BCUT2D eigenvalue weighted by molar-refractivity contribution is 5.84. The second-order valence-corrected chi connectivity index (χ2v) is 7.88. The predicted octanol–water partition coefficient (Wildman–Crippen LogP) is 1.75. The van der Waals surface area contributed by atoms with E-state index in [-0.39, 0.29) is 5.56 Å². The van der Waals surface area contributed by atoms with Crippen molar-refractivity contribution in [2.75, 3.05) is 37.7 Å². The number of H-pyrrole nitrogens is 1. The fraction of sp³-hybridized carbons (Fsp3) is 0.391. The van der Waals surface area contributed by atoms with Gasteiger partial charge in [0.05, 0.1) is 25.5 Å². The van der Waals surface area contributed by atoms with Crippen LogP contribution >= 0.6 is 0 Å². The van der Waals surface area contributed by atoms with Gasteiger partial charge in [-0.3, -0.25) is 14.7 Å². The van der Waals surface area contributed by atoms with Crippen LogP contribution in [0.2, 0.25) is 0 Å². The number of benzene rings is 1. The summed E-state index contributed by atoms with van der Waals surface area (Å²) in [7, 11) is 0. The molecule has 0 saturated carbocycles. The number of anilines is 1. The van der Waals surface area contributed by atoms with E-state index in [2.05, 4.69) is 49.7 Å². The van der Waals surface area contributed by atoms with Gasteiger partial charge in [0.1, 0.15) is 0 Å². The molecule has 0 atom stereocenters. The first-order valence-electron chi connectivity index (χ1n) is 10.4. The minimum atomic E-state index is -0.00763. The largest absolute Gasteiger partial charge is 0.378 e. The van der Waals surface area contributed by atoms with Gasteiger partial charge in [-0.05, 0) is 18.1 Å². The highest BCUT2D eigenvalue weighted by Crippen LogP contribution is 2.25. The minimum absolute atomic E-state index is 0.00763. The number of terminal acetylenes is 1. The summed E-state index contributed by atoms with van der Waals surface area (Å²) in [4.78, 5) is 24.9. The Labute approximate surface area is 175 Å². The van der Waals surface area contributed by atoms with E-state index in [0.717, 1.165) is 43.0 Å². The molecule has 0 bridgehead atoms. The minimum Gasteiger partial charge on any atom is -0.378 e. The average molecular weight is 403 g/mol. The quantitative estimate of drug-likeness (QED) is 0.673. The van der Waals surface area contributed by atoms with Gasteiger partial charge < -0.3 is 14.2 Å². The van der Waals surface area contributed by atoms with Crippen molar-refractivity contribution < 1.29 is 4.74 Å². The number of aromatic amines is 1. The van der Waals surface area contributed by atoms with Crippen LogP contribution in [0.25, 0.3) is 10.9 Å². The van der Waals surface area contributed by atoms with E-state index in [1.54, 1.807) is 0 Å². The summed E-state index contributed by atoms with van der Waals surface area (Å²) in [6, 6.07) is 8.36. The molecule has 1 N–H and O–H groups in total. The third-order valence-corrected chi connectivity index (χ3v) is 5.98. The number of nitrogens with one attached hydrogen (secondary N) is 1. The average Bonchev–Trinajstić information content (AvgIpc) is 3.12. The van der Waals surface area contributed by atoms with Crippen LogP contribution in [0.4, 0.5) is 5.95 Å². The fourth-order valence-corrected chi connectivity index (χ4v) is 4.46. The SMILES string of the molecule is C#CCn1cc(CN2CCc3c(nc(N4CCOCC4)[nH]c3=O)C2)c2ccccc21. The van der Waals surface area contributed by atoms with Crippen molar-refractivity contribution in [3.05, 3.63) is 57.6 Å². The van der Waals surface area contributed by atoms with Crippen LogP contribution in [0.1, 0.15) is 16.8 Å². The third-order valence-electron chi connectivity index (χ3n) is 5.98. The van der Waals surface area contributed by atoms with Crippen LogP contribution in [-0.2, 0) is 30.8 Å². The zero-order valence-corrected chi connectivity index (χ0v) is 16.9. The first kappa shape index (κ1) is 18.9. The van der Waals surface area contributed by atoms with Crippen LogP contribution in [0.5, 0.6) is 0 Å². The number of morpholine rings is 1. The molecule has 30 heavy (non-hydrogen) atoms. The van der Waals surface area contributed by atoms with Gasteiger partial charge >= 0.3 is 0 Å². The monoisotopic (exact) mass is 403 g/mol. The number of rotatable bonds is 4. The molecule has 7 nitrogen and oxygen atoms in total. The number of fused-ring (bicyclic) bond motifs is 2.